The number of hydrogen-bond acceptors (Lipinski definition) is 5. The molecule has 0 saturated heterocycles. The van der Waals surface area contributed by atoms with Crippen molar-refractivity contribution in [2.75, 3.05) is 0 Å². The Balaban J connectivity index is 0.000000321. The van der Waals surface area contributed by atoms with E-state index in [-0.39, 0.29) is 12.3 Å². The molecule has 1 N–H and O–H groups in total. The standard InChI is InChI=1S/C21H34O.C20H18O4.H2/c1-14-8-10-15(11-9-14)16-12-17(20(2,3)4)19(22)18(13-16)21(5,6)7;1-13(2)19(21)23-17-9-5-15(6-10-17)16-7-11-18(12-8-16)24-20(22)14(3)4;/h12-15,22H,8-11H2,1-7H3;5-12H,1,3H2,2,4H3;1H. The molecule has 1 aliphatic carbocycles. The zero-order chi connectivity index (χ0) is 34.4. The molecule has 0 unspecified atom stereocenters. The van der Waals surface area contributed by atoms with Gasteiger partial charge in [0.2, 0.25) is 0 Å². The molecule has 248 valence electrons. The van der Waals surface area contributed by atoms with E-state index in [1.54, 1.807) is 38.1 Å². The van der Waals surface area contributed by atoms with Crippen molar-refractivity contribution < 1.29 is 25.6 Å². The summed E-state index contributed by atoms with van der Waals surface area (Å²) in [4.78, 5) is 22.9. The van der Waals surface area contributed by atoms with Crippen molar-refractivity contribution in [3.63, 3.8) is 0 Å². The van der Waals surface area contributed by atoms with Gasteiger partial charge in [-0.15, -0.1) is 0 Å². The molecule has 46 heavy (non-hydrogen) atoms. The quantitative estimate of drug-likeness (QED) is 0.167. The maximum absolute atomic E-state index is 11.5. The number of rotatable bonds is 6. The third-order valence-electron chi connectivity index (χ3n) is 8.40. The van der Waals surface area contributed by atoms with Crippen LogP contribution in [-0.2, 0) is 20.4 Å². The van der Waals surface area contributed by atoms with E-state index in [2.05, 4.69) is 73.8 Å². The smallest absolute Gasteiger partial charge is 0.338 e. The molecule has 0 spiro atoms. The highest BCUT2D eigenvalue weighted by Gasteiger charge is 2.29. The second kappa shape index (κ2) is 15.0. The van der Waals surface area contributed by atoms with Crippen LogP contribution in [0, 0.1) is 5.92 Å². The predicted octanol–water partition coefficient (Wildman–Crippen LogP) is 10.8. The fourth-order valence-corrected chi connectivity index (χ4v) is 5.45. The molecule has 5 nitrogen and oxygen atoms in total. The van der Waals surface area contributed by atoms with Crippen LogP contribution in [0.5, 0.6) is 17.2 Å². The summed E-state index contributed by atoms with van der Waals surface area (Å²) in [5.74, 6) is 2.06. The van der Waals surface area contributed by atoms with E-state index in [9.17, 15) is 14.7 Å². The van der Waals surface area contributed by atoms with Crippen molar-refractivity contribution in [2.45, 2.75) is 105 Å². The fraction of sp³-hybridized carbons (Fsp3) is 0.415. The lowest BCUT2D eigenvalue weighted by Gasteiger charge is -2.32. The topological polar surface area (TPSA) is 72.8 Å². The van der Waals surface area contributed by atoms with E-state index in [0.29, 0.717) is 34.3 Å². The van der Waals surface area contributed by atoms with E-state index in [1.807, 2.05) is 24.3 Å². The van der Waals surface area contributed by atoms with Crippen LogP contribution in [0.2, 0.25) is 0 Å². The third-order valence-corrected chi connectivity index (χ3v) is 8.40. The Labute approximate surface area is 277 Å². The lowest BCUT2D eigenvalue weighted by molar-refractivity contribution is -0.130. The number of benzene rings is 3. The molecule has 0 radical (unpaired) electrons. The summed E-state index contributed by atoms with van der Waals surface area (Å²) in [7, 11) is 0. The lowest BCUT2D eigenvalue weighted by Crippen LogP contribution is -2.19. The van der Waals surface area contributed by atoms with Gasteiger partial charge in [0.25, 0.3) is 0 Å². The van der Waals surface area contributed by atoms with Crippen LogP contribution < -0.4 is 9.47 Å². The molecule has 1 fully saturated rings. The summed E-state index contributed by atoms with van der Waals surface area (Å²) in [5, 5.41) is 10.8. The number of ether oxygens (including phenoxy) is 2. The zero-order valence-corrected chi connectivity index (χ0v) is 29.3. The van der Waals surface area contributed by atoms with Gasteiger partial charge in [-0.3, -0.25) is 0 Å². The van der Waals surface area contributed by atoms with Crippen molar-refractivity contribution in [2.24, 2.45) is 5.92 Å². The molecule has 3 aromatic carbocycles. The maximum atomic E-state index is 11.5. The number of phenols is 1. The van der Waals surface area contributed by atoms with Gasteiger partial charge in [-0.25, -0.2) is 9.59 Å². The Hall–Kier alpha value is -4.12. The van der Waals surface area contributed by atoms with E-state index < -0.39 is 11.9 Å². The predicted molar refractivity (Wildman–Crippen MR) is 191 cm³/mol. The maximum Gasteiger partial charge on any atom is 0.338 e. The van der Waals surface area contributed by atoms with Gasteiger partial charge >= 0.3 is 11.9 Å². The van der Waals surface area contributed by atoms with Gasteiger partial charge in [0, 0.05) is 12.6 Å². The number of esters is 2. The monoisotopic (exact) mass is 626 g/mol. The zero-order valence-electron chi connectivity index (χ0n) is 29.3. The van der Waals surface area contributed by atoms with Crippen LogP contribution >= 0.6 is 0 Å². The van der Waals surface area contributed by atoms with E-state index in [4.69, 9.17) is 9.47 Å². The van der Waals surface area contributed by atoms with Gasteiger partial charge in [0.05, 0.1) is 0 Å². The van der Waals surface area contributed by atoms with Crippen LogP contribution in [0.15, 0.2) is 85.0 Å². The first kappa shape index (κ1) is 36.3. The van der Waals surface area contributed by atoms with Gasteiger partial charge in [0.15, 0.2) is 0 Å². The number of aromatic hydroxyl groups is 1. The first-order chi connectivity index (χ1) is 21.4. The average molecular weight is 627 g/mol. The van der Waals surface area contributed by atoms with Gasteiger partial charge < -0.3 is 14.6 Å². The number of hydrogen-bond donors (Lipinski definition) is 1. The molecule has 4 rings (SSSR count). The number of phenolic OH excluding ortho intramolecular Hbond substituents is 1. The Bertz CT molecular complexity index is 1440. The minimum absolute atomic E-state index is 0. The first-order valence-electron chi connectivity index (χ1n) is 16.2. The van der Waals surface area contributed by atoms with Gasteiger partial charge in [0.1, 0.15) is 17.2 Å². The summed E-state index contributed by atoms with van der Waals surface area (Å²) in [6.07, 6.45) is 5.25. The highest BCUT2D eigenvalue weighted by atomic mass is 16.5. The van der Waals surface area contributed by atoms with Gasteiger partial charge in [-0.1, -0.05) is 111 Å². The molecule has 0 aromatic heterocycles. The molecule has 0 aliphatic heterocycles. The van der Waals surface area contributed by atoms with Crippen LogP contribution in [-0.4, -0.2) is 17.0 Å². The summed E-state index contributed by atoms with van der Waals surface area (Å²) < 4.78 is 10.3. The molecule has 1 aliphatic rings. The Morgan fingerprint density at radius 1 is 0.696 bits per heavy atom. The minimum atomic E-state index is -0.452. The van der Waals surface area contributed by atoms with Crippen LogP contribution in [0.1, 0.15) is 112 Å². The highest BCUT2D eigenvalue weighted by Crippen LogP contribution is 2.44. The highest BCUT2D eigenvalue weighted by molar-refractivity contribution is 5.89. The summed E-state index contributed by atoms with van der Waals surface area (Å²) in [6, 6.07) is 18.8. The van der Waals surface area contributed by atoms with Crippen molar-refractivity contribution in [3.8, 4) is 28.4 Å². The number of carbonyl (C=O) groups is 2. The number of carbonyl (C=O) groups excluding carboxylic acids is 2. The van der Waals surface area contributed by atoms with Gasteiger partial charge in [-0.05, 0) is 101 Å². The summed E-state index contributed by atoms with van der Waals surface area (Å²) >= 11 is 0. The van der Waals surface area contributed by atoms with E-state index in [1.165, 1.54) is 31.2 Å². The Kier molecular flexibility index (Phi) is 11.8. The molecule has 0 amide bonds. The minimum Gasteiger partial charge on any atom is -0.507 e. The molecule has 0 bridgehead atoms. The summed E-state index contributed by atoms with van der Waals surface area (Å²) in [5.41, 5.74) is 6.19. The molecule has 5 heteroatoms. The second-order valence-electron chi connectivity index (χ2n) is 14.8. The van der Waals surface area contributed by atoms with Crippen molar-refractivity contribution >= 4 is 11.9 Å². The van der Waals surface area contributed by atoms with Crippen molar-refractivity contribution in [3.05, 3.63) is 102 Å². The average Bonchev–Trinajstić information content (AvgIpc) is 2.97. The molecular weight excluding hydrogens is 572 g/mol. The second-order valence-corrected chi connectivity index (χ2v) is 14.8. The molecule has 0 heterocycles. The van der Waals surface area contributed by atoms with Crippen LogP contribution in [0.3, 0.4) is 0 Å². The first-order valence-corrected chi connectivity index (χ1v) is 16.2. The lowest BCUT2D eigenvalue weighted by atomic mass is 9.74. The molecule has 0 atom stereocenters. The van der Waals surface area contributed by atoms with Crippen molar-refractivity contribution in [1.82, 2.24) is 0 Å². The van der Waals surface area contributed by atoms with Crippen LogP contribution in [0.25, 0.3) is 11.1 Å². The molecule has 3 aromatic rings. The SMILES string of the molecule is C=C(C)C(=O)Oc1ccc(-c2ccc(OC(=O)C(=C)C)cc2)cc1.CC1CCC(c2cc(C(C)(C)C)c(O)c(C(C)(C)C)c2)CC1.[HH]. The molecular formula is C41H54O5. The van der Waals surface area contributed by atoms with Gasteiger partial charge in [-0.2, -0.15) is 0 Å². The Morgan fingerprint density at radius 3 is 1.35 bits per heavy atom. The van der Waals surface area contributed by atoms with Crippen LogP contribution in [0.4, 0.5) is 0 Å². The third kappa shape index (κ3) is 9.94. The van der Waals surface area contributed by atoms with E-state index >= 15 is 0 Å². The van der Waals surface area contributed by atoms with Crippen molar-refractivity contribution in [1.29, 1.82) is 0 Å². The largest absolute Gasteiger partial charge is 0.507 e. The van der Waals surface area contributed by atoms with E-state index in [0.717, 1.165) is 28.2 Å². The Morgan fingerprint density at radius 2 is 1.04 bits per heavy atom. The summed E-state index contributed by atoms with van der Waals surface area (Å²) in [6.45, 7) is 25.8. The fourth-order valence-electron chi connectivity index (χ4n) is 5.45. The molecule has 1 saturated carbocycles. The normalized spacial score (nSPS) is 16.5.